The lowest BCUT2D eigenvalue weighted by Gasteiger charge is -2.12. The van der Waals surface area contributed by atoms with Crippen molar-refractivity contribution in [2.24, 2.45) is 9.98 Å². The van der Waals surface area contributed by atoms with E-state index in [1.807, 2.05) is 0 Å². The molecule has 0 spiro atoms. The van der Waals surface area contributed by atoms with E-state index in [4.69, 9.17) is 4.99 Å². The van der Waals surface area contributed by atoms with Crippen molar-refractivity contribution in [2.75, 3.05) is 0 Å². The zero-order valence-electron chi connectivity index (χ0n) is 25.9. The second kappa shape index (κ2) is 10.5. The van der Waals surface area contributed by atoms with Crippen molar-refractivity contribution in [3.05, 3.63) is 150 Å². The number of fused-ring (bicyclic) bond motifs is 11. The van der Waals surface area contributed by atoms with Gasteiger partial charge >= 0.3 is 0 Å². The van der Waals surface area contributed by atoms with Crippen LogP contribution in [0, 0.1) is 0 Å². The molecule has 10 aromatic rings. The Morgan fingerprint density at radius 3 is 2.10 bits per heavy atom. The lowest BCUT2D eigenvalue weighted by molar-refractivity contribution is 0.794. The summed E-state index contributed by atoms with van der Waals surface area (Å²) in [5.74, 6) is 0. The molecular weight excluding hydrogens is 605 g/mol. The molecule has 0 fully saturated rings. The van der Waals surface area contributed by atoms with Gasteiger partial charge in [-0.25, -0.2) is 0 Å². The molecule has 10 rings (SSSR count). The second-order valence-electron chi connectivity index (χ2n) is 12.3. The van der Waals surface area contributed by atoms with Crippen molar-refractivity contribution in [1.82, 2.24) is 9.55 Å². The largest absolute Gasteiger partial charge is 0.354 e. The van der Waals surface area contributed by atoms with Gasteiger partial charge in [-0.3, -0.25) is 9.98 Å². The van der Waals surface area contributed by atoms with Crippen LogP contribution in [0.2, 0.25) is 0 Å². The summed E-state index contributed by atoms with van der Waals surface area (Å²) in [7, 11) is 0. The van der Waals surface area contributed by atoms with Crippen molar-refractivity contribution >= 4 is 105 Å². The van der Waals surface area contributed by atoms with Gasteiger partial charge in [0.25, 0.3) is 0 Å². The summed E-state index contributed by atoms with van der Waals surface area (Å²) in [6.07, 6.45) is 0. The molecule has 4 nitrogen and oxygen atoms in total. The van der Waals surface area contributed by atoms with Crippen LogP contribution in [0.5, 0.6) is 0 Å². The number of aromatic nitrogens is 2. The minimum atomic E-state index is 0.440. The Hall–Kier alpha value is -6.04. The van der Waals surface area contributed by atoms with E-state index in [1.165, 1.54) is 53.3 Å². The Morgan fingerprint density at radius 1 is 0.583 bits per heavy atom. The van der Waals surface area contributed by atoms with Crippen LogP contribution in [-0.4, -0.2) is 22.0 Å². The van der Waals surface area contributed by atoms with Crippen LogP contribution in [0.15, 0.2) is 150 Å². The van der Waals surface area contributed by atoms with Crippen LogP contribution >= 0.6 is 11.3 Å². The third-order valence-corrected chi connectivity index (χ3v) is 10.9. The number of hydrogen-bond acceptors (Lipinski definition) is 3. The van der Waals surface area contributed by atoms with Crippen molar-refractivity contribution in [3.8, 4) is 0 Å². The molecule has 5 heteroatoms. The van der Waals surface area contributed by atoms with E-state index in [0.717, 1.165) is 43.8 Å². The summed E-state index contributed by atoms with van der Waals surface area (Å²) in [5, 5.41) is 10.9. The van der Waals surface area contributed by atoms with Gasteiger partial charge in [0.15, 0.2) is 0 Å². The number of H-pyrrole nitrogens is 1. The predicted octanol–water partition coefficient (Wildman–Crippen LogP) is 11.8. The highest BCUT2D eigenvalue weighted by Crippen LogP contribution is 2.43. The number of aromatic amines is 1. The SMILES string of the molecule is C=Nc1c(C(=NCn2c3ccc4ccccc4c3c3c4c(ccc32)[nH]c2ccccc24)c2cccc3ccccc23)sc2ccccc12. The molecule has 1 N–H and O–H groups in total. The average Bonchev–Trinajstić information content (AvgIpc) is 3.81. The monoisotopic (exact) mass is 632 g/mol. The van der Waals surface area contributed by atoms with Gasteiger partial charge in [0, 0.05) is 48.2 Å². The number of benzene rings is 7. The van der Waals surface area contributed by atoms with Crippen molar-refractivity contribution in [3.63, 3.8) is 0 Å². The van der Waals surface area contributed by atoms with Crippen LogP contribution < -0.4 is 0 Å². The van der Waals surface area contributed by atoms with Gasteiger partial charge in [-0.15, -0.1) is 11.3 Å². The highest BCUT2D eigenvalue weighted by Gasteiger charge is 2.22. The van der Waals surface area contributed by atoms with Crippen LogP contribution in [-0.2, 0) is 6.67 Å². The Kier molecular flexibility index (Phi) is 5.92. The summed E-state index contributed by atoms with van der Waals surface area (Å²) in [5.41, 5.74) is 7.53. The van der Waals surface area contributed by atoms with Crippen LogP contribution in [0.25, 0.3) is 75.2 Å². The first-order valence-corrected chi connectivity index (χ1v) is 16.9. The number of nitrogens with zero attached hydrogens (tertiary/aromatic N) is 3. The van der Waals surface area contributed by atoms with Crippen molar-refractivity contribution < 1.29 is 0 Å². The van der Waals surface area contributed by atoms with E-state index in [-0.39, 0.29) is 0 Å². The lowest BCUT2D eigenvalue weighted by atomic mass is 9.99. The maximum atomic E-state index is 5.57. The normalized spacial score (nSPS) is 12.5. The first-order valence-electron chi connectivity index (χ1n) is 16.1. The number of rotatable bonds is 5. The molecular formula is C43H28N4S. The molecule has 0 atom stereocenters. The van der Waals surface area contributed by atoms with E-state index < -0.39 is 0 Å². The van der Waals surface area contributed by atoms with Gasteiger partial charge in [-0.1, -0.05) is 109 Å². The molecule has 0 aliphatic carbocycles. The molecule has 0 saturated heterocycles. The van der Waals surface area contributed by atoms with E-state index >= 15 is 0 Å². The summed E-state index contributed by atoms with van der Waals surface area (Å²) in [6, 6.07) is 49.8. The molecule has 3 aromatic heterocycles. The second-order valence-corrected chi connectivity index (χ2v) is 13.3. The standard InChI is InChI=1S/C43H28N4S/c1-44-41-32-17-7-9-20-37(32)48-43(41)42(30-18-10-13-26-11-2-4-14-28(26)30)45-25-47-35-23-21-27-12-3-5-15-29(27)39(35)40-36(47)24-22-34-38(40)31-16-6-8-19-33(31)46-34/h2-24,46H,1,25H2. The molecule has 0 unspecified atom stereocenters. The molecule has 0 bridgehead atoms. The van der Waals surface area contributed by atoms with Gasteiger partial charge in [0.1, 0.15) is 6.67 Å². The average molecular weight is 633 g/mol. The fraction of sp³-hybridized carbons (Fsp3) is 0.0233. The first kappa shape index (κ1) is 27.1. The highest BCUT2D eigenvalue weighted by atomic mass is 32.1. The molecule has 7 aromatic carbocycles. The predicted molar refractivity (Wildman–Crippen MR) is 207 cm³/mol. The van der Waals surface area contributed by atoms with Crippen LogP contribution in [0.4, 0.5) is 5.69 Å². The molecule has 0 saturated carbocycles. The lowest BCUT2D eigenvalue weighted by Crippen LogP contribution is -2.06. The Bertz CT molecular complexity index is 2950. The third-order valence-electron chi connectivity index (χ3n) is 9.75. The summed E-state index contributed by atoms with van der Waals surface area (Å²) < 4.78 is 3.56. The molecule has 48 heavy (non-hydrogen) atoms. The fourth-order valence-corrected chi connectivity index (χ4v) is 8.82. The fourth-order valence-electron chi connectivity index (χ4n) is 7.64. The number of nitrogens with one attached hydrogen (secondary N) is 1. The third kappa shape index (κ3) is 3.88. The van der Waals surface area contributed by atoms with Gasteiger partial charge in [0.2, 0.25) is 0 Å². The van der Waals surface area contributed by atoms with Gasteiger partial charge in [-0.05, 0) is 58.6 Å². The summed E-state index contributed by atoms with van der Waals surface area (Å²) >= 11 is 1.73. The number of aliphatic imine (C=N–C) groups is 2. The smallest absolute Gasteiger partial charge is 0.115 e. The zero-order valence-corrected chi connectivity index (χ0v) is 26.8. The van der Waals surface area contributed by atoms with E-state index in [9.17, 15) is 0 Å². The van der Waals surface area contributed by atoms with Crippen LogP contribution in [0.1, 0.15) is 10.4 Å². The number of thiophene rings is 1. The van der Waals surface area contributed by atoms with E-state index in [2.05, 4.69) is 161 Å². The van der Waals surface area contributed by atoms with Crippen molar-refractivity contribution in [2.45, 2.75) is 6.67 Å². The first-order chi connectivity index (χ1) is 23.8. The minimum Gasteiger partial charge on any atom is -0.354 e. The van der Waals surface area contributed by atoms with Gasteiger partial charge in [0.05, 0.1) is 27.3 Å². The van der Waals surface area contributed by atoms with E-state index in [0.29, 0.717) is 6.67 Å². The Labute approximate surface area is 279 Å². The van der Waals surface area contributed by atoms with Crippen molar-refractivity contribution in [1.29, 1.82) is 0 Å². The Balaban J connectivity index is 1.30. The molecule has 226 valence electrons. The summed E-state index contributed by atoms with van der Waals surface area (Å²) in [6.45, 7) is 4.46. The molecule has 0 radical (unpaired) electrons. The number of hydrogen-bond donors (Lipinski definition) is 1. The highest BCUT2D eigenvalue weighted by molar-refractivity contribution is 7.21. The number of para-hydroxylation sites is 1. The van der Waals surface area contributed by atoms with Gasteiger partial charge in [-0.2, -0.15) is 0 Å². The minimum absolute atomic E-state index is 0.440. The quantitative estimate of drug-likeness (QED) is 0.184. The maximum Gasteiger partial charge on any atom is 0.115 e. The molecule has 0 amide bonds. The molecule has 3 heterocycles. The molecule has 0 aliphatic heterocycles. The van der Waals surface area contributed by atoms with Gasteiger partial charge < -0.3 is 9.55 Å². The van der Waals surface area contributed by atoms with E-state index in [1.54, 1.807) is 11.3 Å². The maximum absolute atomic E-state index is 5.57. The summed E-state index contributed by atoms with van der Waals surface area (Å²) in [4.78, 5) is 14.9. The molecule has 0 aliphatic rings. The topological polar surface area (TPSA) is 45.4 Å². The van der Waals surface area contributed by atoms with Crippen LogP contribution in [0.3, 0.4) is 0 Å². The zero-order chi connectivity index (χ0) is 31.8. The Morgan fingerprint density at radius 2 is 1.25 bits per heavy atom.